The summed E-state index contributed by atoms with van der Waals surface area (Å²) >= 11 is 0. The zero-order chi connectivity index (χ0) is 18.2. The standard InChI is InChI=1S/C20H37NO3/c1-4-5-6-7-8-9-10-11-12-13-19(22)21-16-18(14-17(2)3)15-20(23)24/h12-13,17-18H,4-11,14-16H2,1-3H3,(H,21,22)(H,23,24)/t18-/m0/s1. The van der Waals surface area contributed by atoms with Gasteiger partial charge in [0.05, 0.1) is 0 Å². The minimum Gasteiger partial charge on any atom is -0.481 e. The lowest BCUT2D eigenvalue weighted by Gasteiger charge is -2.17. The van der Waals surface area contributed by atoms with Crippen molar-refractivity contribution in [2.45, 2.75) is 85.0 Å². The molecule has 24 heavy (non-hydrogen) atoms. The number of aliphatic carboxylic acids is 1. The van der Waals surface area contributed by atoms with Crippen molar-refractivity contribution >= 4 is 11.9 Å². The van der Waals surface area contributed by atoms with E-state index >= 15 is 0 Å². The number of hydrogen-bond acceptors (Lipinski definition) is 2. The lowest BCUT2D eigenvalue weighted by Crippen LogP contribution is -2.29. The van der Waals surface area contributed by atoms with Gasteiger partial charge in [-0.15, -0.1) is 0 Å². The highest BCUT2D eigenvalue weighted by atomic mass is 16.4. The molecule has 4 heteroatoms. The maximum atomic E-state index is 11.8. The monoisotopic (exact) mass is 339 g/mol. The molecule has 0 unspecified atom stereocenters. The van der Waals surface area contributed by atoms with Crippen molar-refractivity contribution in [2.24, 2.45) is 11.8 Å². The normalized spacial score (nSPS) is 12.7. The fraction of sp³-hybridized carbons (Fsp3) is 0.800. The number of carbonyl (C=O) groups excluding carboxylic acids is 1. The molecule has 140 valence electrons. The zero-order valence-electron chi connectivity index (χ0n) is 15.9. The third kappa shape index (κ3) is 15.6. The summed E-state index contributed by atoms with van der Waals surface area (Å²) in [5, 5.41) is 11.8. The molecule has 0 aliphatic rings. The molecule has 0 fully saturated rings. The van der Waals surface area contributed by atoms with E-state index in [0.717, 1.165) is 19.3 Å². The second-order valence-electron chi connectivity index (χ2n) is 7.15. The molecule has 4 nitrogen and oxygen atoms in total. The number of allylic oxidation sites excluding steroid dienone is 1. The highest BCUT2D eigenvalue weighted by molar-refractivity contribution is 5.87. The Labute approximate surface area is 148 Å². The van der Waals surface area contributed by atoms with Crippen molar-refractivity contribution in [3.05, 3.63) is 12.2 Å². The van der Waals surface area contributed by atoms with Gasteiger partial charge in [0.1, 0.15) is 0 Å². The molecule has 0 aromatic rings. The summed E-state index contributed by atoms with van der Waals surface area (Å²) in [6.07, 6.45) is 14.3. The number of carboxylic acids is 1. The predicted octanol–water partition coefficient (Wildman–Crippen LogP) is 4.94. The first kappa shape index (κ1) is 22.7. The Hall–Kier alpha value is -1.32. The van der Waals surface area contributed by atoms with Crippen LogP contribution in [0.5, 0.6) is 0 Å². The zero-order valence-corrected chi connectivity index (χ0v) is 15.9. The van der Waals surface area contributed by atoms with E-state index in [0.29, 0.717) is 12.5 Å². The summed E-state index contributed by atoms with van der Waals surface area (Å²) in [7, 11) is 0. The summed E-state index contributed by atoms with van der Waals surface area (Å²) in [5.74, 6) is -0.483. The van der Waals surface area contributed by atoms with Gasteiger partial charge in [0.15, 0.2) is 0 Å². The maximum absolute atomic E-state index is 11.8. The van der Waals surface area contributed by atoms with Crippen LogP contribution in [-0.4, -0.2) is 23.5 Å². The van der Waals surface area contributed by atoms with Crippen molar-refractivity contribution in [1.29, 1.82) is 0 Å². The first-order chi connectivity index (χ1) is 11.5. The number of carbonyl (C=O) groups is 2. The molecule has 0 rings (SSSR count). The average molecular weight is 340 g/mol. The third-order valence-electron chi connectivity index (χ3n) is 4.08. The highest BCUT2D eigenvalue weighted by Crippen LogP contribution is 2.14. The summed E-state index contributed by atoms with van der Waals surface area (Å²) in [6, 6.07) is 0. The van der Waals surface area contributed by atoms with E-state index < -0.39 is 5.97 Å². The molecule has 1 atom stereocenters. The molecule has 0 aromatic heterocycles. The average Bonchev–Trinajstić information content (AvgIpc) is 2.50. The van der Waals surface area contributed by atoms with Crippen LogP contribution in [0, 0.1) is 11.8 Å². The SMILES string of the molecule is CCCCCCCCCC=CC(=O)NC[C@H](CC(=O)O)CC(C)C. The fourth-order valence-corrected chi connectivity index (χ4v) is 2.87. The molecule has 0 aliphatic heterocycles. The first-order valence-electron chi connectivity index (χ1n) is 9.61. The van der Waals surface area contributed by atoms with Crippen LogP contribution in [0.25, 0.3) is 0 Å². The molecular formula is C20H37NO3. The minimum atomic E-state index is -0.802. The van der Waals surface area contributed by atoms with Crippen LogP contribution in [0.4, 0.5) is 0 Å². The molecule has 0 bridgehead atoms. The van der Waals surface area contributed by atoms with E-state index in [1.165, 1.54) is 38.5 Å². The Morgan fingerprint density at radius 3 is 2.25 bits per heavy atom. The van der Waals surface area contributed by atoms with Crippen molar-refractivity contribution < 1.29 is 14.7 Å². The van der Waals surface area contributed by atoms with E-state index in [1.807, 2.05) is 6.08 Å². The van der Waals surface area contributed by atoms with Gasteiger partial charge in [-0.05, 0) is 37.2 Å². The Morgan fingerprint density at radius 1 is 1.04 bits per heavy atom. The van der Waals surface area contributed by atoms with E-state index in [-0.39, 0.29) is 18.2 Å². The van der Waals surface area contributed by atoms with Crippen LogP contribution in [0.1, 0.15) is 85.0 Å². The van der Waals surface area contributed by atoms with Gasteiger partial charge in [-0.1, -0.05) is 65.4 Å². The first-order valence-corrected chi connectivity index (χ1v) is 9.61. The largest absolute Gasteiger partial charge is 0.481 e. The second kappa shape index (κ2) is 15.2. The molecule has 0 saturated heterocycles. The fourth-order valence-electron chi connectivity index (χ4n) is 2.87. The Kier molecular flexibility index (Phi) is 14.4. The van der Waals surface area contributed by atoms with Crippen LogP contribution >= 0.6 is 0 Å². The number of rotatable bonds is 15. The van der Waals surface area contributed by atoms with Gasteiger partial charge in [0.2, 0.25) is 5.91 Å². The van der Waals surface area contributed by atoms with Gasteiger partial charge >= 0.3 is 5.97 Å². The lowest BCUT2D eigenvalue weighted by atomic mass is 9.94. The summed E-state index contributed by atoms with van der Waals surface area (Å²) in [6.45, 7) is 6.80. The Balaban J connectivity index is 3.79. The molecule has 0 radical (unpaired) electrons. The minimum absolute atomic E-state index is 0.00275. The molecule has 0 aromatic carbocycles. The van der Waals surface area contributed by atoms with Crippen molar-refractivity contribution in [3.63, 3.8) is 0 Å². The van der Waals surface area contributed by atoms with Gasteiger partial charge in [0, 0.05) is 13.0 Å². The van der Waals surface area contributed by atoms with Crippen LogP contribution in [0.3, 0.4) is 0 Å². The molecule has 0 aliphatic carbocycles. The van der Waals surface area contributed by atoms with Crippen LogP contribution in [0.2, 0.25) is 0 Å². The topological polar surface area (TPSA) is 66.4 Å². The maximum Gasteiger partial charge on any atom is 0.303 e. The third-order valence-corrected chi connectivity index (χ3v) is 4.08. The van der Waals surface area contributed by atoms with Crippen molar-refractivity contribution in [1.82, 2.24) is 5.32 Å². The number of hydrogen-bond donors (Lipinski definition) is 2. The van der Waals surface area contributed by atoms with Gasteiger partial charge < -0.3 is 10.4 Å². The van der Waals surface area contributed by atoms with Crippen LogP contribution < -0.4 is 5.32 Å². The second-order valence-corrected chi connectivity index (χ2v) is 7.15. The Bertz CT molecular complexity index is 364. The van der Waals surface area contributed by atoms with Gasteiger partial charge in [-0.2, -0.15) is 0 Å². The molecule has 0 heterocycles. The molecule has 2 N–H and O–H groups in total. The number of carboxylic acid groups (broad SMARTS) is 1. The van der Waals surface area contributed by atoms with Crippen molar-refractivity contribution in [2.75, 3.05) is 6.54 Å². The number of nitrogens with one attached hydrogen (secondary N) is 1. The Morgan fingerprint density at radius 2 is 1.67 bits per heavy atom. The smallest absolute Gasteiger partial charge is 0.303 e. The summed E-state index contributed by atoms with van der Waals surface area (Å²) in [5.41, 5.74) is 0. The van der Waals surface area contributed by atoms with Crippen LogP contribution in [-0.2, 0) is 9.59 Å². The number of amides is 1. The van der Waals surface area contributed by atoms with E-state index in [9.17, 15) is 9.59 Å². The quantitative estimate of drug-likeness (QED) is 0.328. The van der Waals surface area contributed by atoms with Crippen LogP contribution in [0.15, 0.2) is 12.2 Å². The molecule has 0 spiro atoms. The van der Waals surface area contributed by atoms with E-state index in [4.69, 9.17) is 5.11 Å². The van der Waals surface area contributed by atoms with Gasteiger partial charge in [-0.3, -0.25) is 9.59 Å². The lowest BCUT2D eigenvalue weighted by molar-refractivity contribution is -0.138. The van der Waals surface area contributed by atoms with E-state index in [1.54, 1.807) is 6.08 Å². The summed E-state index contributed by atoms with van der Waals surface area (Å²) < 4.78 is 0. The predicted molar refractivity (Wildman–Crippen MR) is 100.0 cm³/mol. The molecule has 0 saturated carbocycles. The molecule has 1 amide bonds. The summed E-state index contributed by atoms with van der Waals surface area (Å²) in [4.78, 5) is 22.6. The number of unbranched alkanes of at least 4 members (excludes halogenated alkanes) is 7. The van der Waals surface area contributed by atoms with Gasteiger partial charge in [0.25, 0.3) is 0 Å². The van der Waals surface area contributed by atoms with Gasteiger partial charge in [-0.25, -0.2) is 0 Å². The van der Waals surface area contributed by atoms with E-state index in [2.05, 4.69) is 26.1 Å². The molecular weight excluding hydrogens is 302 g/mol. The highest BCUT2D eigenvalue weighted by Gasteiger charge is 2.15. The van der Waals surface area contributed by atoms with Crippen molar-refractivity contribution in [3.8, 4) is 0 Å².